The molecule has 1 N–H and O–H groups in total. The van der Waals surface area contributed by atoms with Crippen LogP contribution in [0.3, 0.4) is 0 Å². The average molecular weight is 153 g/mol. The van der Waals surface area contributed by atoms with Crippen LogP contribution in [0, 0.1) is 0 Å². The van der Waals surface area contributed by atoms with Gasteiger partial charge in [0, 0.05) is 13.3 Å². The molecule has 0 saturated heterocycles. The van der Waals surface area contributed by atoms with Crippen LogP contribution in [0.5, 0.6) is 0 Å². The molecule has 0 spiro atoms. The largest absolute Gasteiger partial charge is 0.392 e. The zero-order valence-corrected chi connectivity index (χ0v) is 6.45. The lowest BCUT2D eigenvalue weighted by Gasteiger charge is -1.99. The summed E-state index contributed by atoms with van der Waals surface area (Å²) in [7, 11) is 1.62. The number of aliphatic hydroxyl groups excluding tert-OH is 1. The molecule has 0 aromatic carbocycles. The molecule has 1 aromatic rings. The van der Waals surface area contributed by atoms with E-state index in [0.29, 0.717) is 6.61 Å². The van der Waals surface area contributed by atoms with Crippen molar-refractivity contribution in [3.05, 3.63) is 29.6 Å². The molecular weight excluding hydrogens is 142 g/mol. The Kier molecular flexibility index (Phi) is 3.01. The normalized spacial score (nSPS) is 10.0. The zero-order valence-electron chi connectivity index (χ0n) is 6.45. The first-order valence-corrected chi connectivity index (χ1v) is 3.40. The fourth-order valence-corrected chi connectivity index (χ4v) is 0.853. The Bertz CT molecular complexity index is 225. The number of methoxy groups -OCH3 is 1. The average Bonchev–Trinajstić information content (AvgIpc) is 2.06. The predicted octanol–water partition coefficient (Wildman–Crippen LogP) is 0.720. The lowest BCUT2D eigenvalue weighted by Crippen LogP contribution is -1.93. The van der Waals surface area contributed by atoms with Crippen LogP contribution in [0.1, 0.15) is 11.3 Å². The molecule has 60 valence electrons. The van der Waals surface area contributed by atoms with Crippen LogP contribution in [0.2, 0.25) is 0 Å². The second-order valence-corrected chi connectivity index (χ2v) is 2.25. The maximum Gasteiger partial charge on any atom is 0.0884 e. The van der Waals surface area contributed by atoms with Crippen molar-refractivity contribution in [3.8, 4) is 0 Å². The van der Waals surface area contributed by atoms with E-state index in [1.54, 1.807) is 19.4 Å². The summed E-state index contributed by atoms with van der Waals surface area (Å²) in [4.78, 5) is 4.04. The molecule has 0 radical (unpaired) electrons. The molecule has 3 nitrogen and oxygen atoms in total. The summed E-state index contributed by atoms with van der Waals surface area (Å²) >= 11 is 0. The molecular formula is C8H11NO2. The minimum Gasteiger partial charge on any atom is -0.392 e. The molecule has 1 aromatic heterocycles. The summed E-state index contributed by atoms with van der Waals surface area (Å²) in [6.07, 6.45) is 1.67. The summed E-state index contributed by atoms with van der Waals surface area (Å²) < 4.78 is 4.88. The van der Waals surface area contributed by atoms with E-state index in [0.717, 1.165) is 11.3 Å². The van der Waals surface area contributed by atoms with Gasteiger partial charge in [0.1, 0.15) is 0 Å². The molecule has 0 fully saturated rings. The molecule has 0 amide bonds. The number of aliphatic hydroxyl groups is 1. The van der Waals surface area contributed by atoms with Crippen LogP contribution in [0.15, 0.2) is 18.3 Å². The van der Waals surface area contributed by atoms with E-state index in [-0.39, 0.29) is 6.61 Å². The predicted molar refractivity (Wildman–Crippen MR) is 40.9 cm³/mol. The van der Waals surface area contributed by atoms with E-state index in [2.05, 4.69) is 4.98 Å². The number of pyridine rings is 1. The summed E-state index contributed by atoms with van der Waals surface area (Å²) in [6, 6.07) is 3.60. The SMILES string of the molecule is COCc1cc(CO)ccn1. The fraction of sp³-hybridized carbons (Fsp3) is 0.375. The number of nitrogens with zero attached hydrogens (tertiary/aromatic N) is 1. The van der Waals surface area contributed by atoms with Gasteiger partial charge in [0.15, 0.2) is 0 Å². The lowest BCUT2D eigenvalue weighted by atomic mass is 10.2. The van der Waals surface area contributed by atoms with Gasteiger partial charge >= 0.3 is 0 Å². The van der Waals surface area contributed by atoms with Gasteiger partial charge in [-0.3, -0.25) is 4.98 Å². The fourth-order valence-electron chi connectivity index (χ4n) is 0.853. The van der Waals surface area contributed by atoms with E-state index in [4.69, 9.17) is 9.84 Å². The Morgan fingerprint density at radius 1 is 1.64 bits per heavy atom. The van der Waals surface area contributed by atoms with Crippen LogP contribution in [-0.2, 0) is 18.0 Å². The number of aromatic nitrogens is 1. The van der Waals surface area contributed by atoms with E-state index in [1.807, 2.05) is 6.07 Å². The van der Waals surface area contributed by atoms with Gasteiger partial charge in [0.25, 0.3) is 0 Å². The summed E-state index contributed by atoms with van der Waals surface area (Å²) in [6.45, 7) is 0.549. The van der Waals surface area contributed by atoms with Crippen molar-refractivity contribution in [3.63, 3.8) is 0 Å². The molecule has 1 rings (SSSR count). The number of hydrogen-bond donors (Lipinski definition) is 1. The van der Waals surface area contributed by atoms with E-state index >= 15 is 0 Å². The highest BCUT2D eigenvalue weighted by Crippen LogP contribution is 2.01. The van der Waals surface area contributed by atoms with E-state index in [1.165, 1.54) is 0 Å². The Labute approximate surface area is 65.7 Å². The minimum atomic E-state index is 0.0548. The first-order chi connectivity index (χ1) is 5.36. The van der Waals surface area contributed by atoms with Gasteiger partial charge in [-0.2, -0.15) is 0 Å². The first-order valence-electron chi connectivity index (χ1n) is 3.40. The molecule has 1 heterocycles. The van der Waals surface area contributed by atoms with Crippen molar-refractivity contribution < 1.29 is 9.84 Å². The second kappa shape index (κ2) is 4.05. The van der Waals surface area contributed by atoms with Crippen LogP contribution < -0.4 is 0 Å². The standard InChI is InChI=1S/C8H11NO2/c1-11-6-8-4-7(5-10)2-3-9-8/h2-4,10H,5-6H2,1H3. The molecule has 0 atom stereocenters. The second-order valence-electron chi connectivity index (χ2n) is 2.25. The third kappa shape index (κ3) is 2.29. The molecule has 0 saturated carbocycles. The van der Waals surface area contributed by atoms with Crippen LogP contribution in [0.4, 0.5) is 0 Å². The van der Waals surface area contributed by atoms with Gasteiger partial charge in [0.2, 0.25) is 0 Å². The van der Waals surface area contributed by atoms with Crippen molar-refractivity contribution in [2.24, 2.45) is 0 Å². The topological polar surface area (TPSA) is 42.4 Å². The monoisotopic (exact) mass is 153 g/mol. The molecule has 0 aliphatic carbocycles. The van der Waals surface area contributed by atoms with E-state index < -0.39 is 0 Å². The van der Waals surface area contributed by atoms with Crippen LogP contribution in [0.25, 0.3) is 0 Å². The molecule has 11 heavy (non-hydrogen) atoms. The van der Waals surface area contributed by atoms with Crippen LogP contribution >= 0.6 is 0 Å². The number of hydrogen-bond acceptors (Lipinski definition) is 3. The highest BCUT2D eigenvalue weighted by molar-refractivity contribution is 5.14. The smallest absolute Gasteiger partial charge is 0.0884 e. The van der Waals surface area contributed by atoms with E-state index in [9.17, 15) is 0 Å². The Hall–Kier alpha value is -0.930. The molecule has 0 aliphatic heterocycles. The first kappa shape index (κ1) is 8.17. The maximum atomic E-state index is 8.76. The Balaban J connectivity index is 2.74. The van der Waals surface area contributed by atoms with Crippen molar-refractivity contribution in [2.75, 3.05) is 7.11 Å². The molecule has 0 bridgehead atoms. The van der Waals surface area contributed by atoms with Gasteiger partial charge in [-0.15, -0.1) is 0 Å². The summed E-state index contributed by atoms with van der Waals surface area (Å²) in [5.74, 6) is 0. The summed E-state index contributed by atoms with van der Waals surface area (Å²) in [5.41, 5.74) is 1.71. The van der Waals surface area contributed by atoms with Crippen molar-refractivity contribution in [1.29, 1.82) is 0 Å². The van der Waals surface area contributed by atoms with Gasteiger partial charge in [-0.05, 0) is 17.7 Å². The number of ether oxygens (including phenoxy) is 1. The van der Waals surface area contributed by atoms with Gasteiger partial charge in [0.05, 0.1) is 18.9 Å². The van der Waals surface area contributed by atoms with Crippen molar-refractivity contribution in [2.45, 2.75) is 13.2 Å². The van der Waals surface area contributed by atoms with Crippen molar-refractivity contribution in [1.82, 2.24) is 4.98 Å². The van der Waals surface area contributed by atoms with Gasteiger partial charge in [-0.1, -0.05) is 0 Å². The molecule has 3 heteroatoms. The van der Waals surface area contributed by atoms with Gasteiger partial charge < -0.3 is 9.84 Å². The molecule has 0 unspecified atom stereocenters. The third-order valence-corrected chi connectivity index (χ3v) is 1.36. The Morgan fingerprint density at radius 2 is 2.45 bits per heavy atom. The van der Waals surface area contributed by atoms with Gasteiger partial charge in [-0.25, -0.2) is 0 Å². The maximum absolute atomic E-state index is 8.76. The number of rotatable bonds is 3. The molecule has 0 aliphatic rings. The lowest BCUT2D eigenvalue weighted by molar-refractivity contribution is 0.181. The third-order valence-electron chi connectivity index (χ3n) is 1.36. The Morgan fingerprint density at radius 3 is 3.09 bits per heavy atom. The quantitative estimate of drug-likeness (QED) is 0.695. The highest BCUT2D eigenvalue weighted by Gasteiger charge is 1.94. The minimum absolute atomic E-state index is 0.0548. The summed E-state index contributed by atoms with van der Waals surface area (Å²) in [5, 5.41) is 8.76. The van der Waals surface area contributed by atoms with Crippen molar-refractivity contribution >= 4 is 0 Å². The van der Waals surface area contributed by atoms with Crippen LogP contribution in [-0.4, -0.2) is 17.2 Å². The zero-order chi connectivity index (χ0) is 8.10. The highest BCUT2D eigenvalue weighted by atomic mass is 16.5.